The van der Waals surface area contributed by atoms with Crippen LogP contribution >= 0.6 is 0 Å². The van der Waals surface area contributed by atoms with Gasteiger partial charge in [0, 0.05) is 12.2 Å². The fraction of sp³-hybridized carbons (Fsp3) is 0.300. The van der Waals surface area contributed by atoms with Crippen LogP contribution in [0.1, 0.15) is 24.5 Å². The first-order valence-electron chi connectivity index (χ1n) is 8.74. The Balaban J connectivity index is 1.90. The minimum absolute atomic E-state index is 0.254. The van der Waals surface area contributed by atoms with Crippen LogP contribution in [0, 0.1) is 0 Å². The van der Waals surface area contributed by atoms with Crippen LogP contribution in [0.3, 0.4) is 0 Å². The van der Waals surface area contributed by atoms with Crippen LogP contribution in [0.2, 0.25) is 0 Å². The van der Waals surface area contributed by atoms with Crippen molar-refractivity contribution in [2.45, 2.75) is 32.5 Å². The van der Waals surface area contributed by atoms with Gasteiger partial charge in [0.15, 0.2) is 6.61 Å². The predicted octanol–water partition coefficient (Wildman–Crippen LogP) is 3.84. The predicted molar refractivity (Wildman–Crippen MR) is 98.9 cm³/mol. The van der Waals surface area contributed by atoms with Gasteiger partial charge in [-0.15, -0.1) is 0 Å². The number of para-hydroxylation sites is 1. The van der Waals surface area contributed by atoms with E-state index in [0.717, 1.165) is 12.8 Å². The molecule has 0 heterocycles. The van der Waals surface area contributed by atoms with Gasteiger partial charge in [-0.2, -0.15) is 13.2 Å². The van der Waals surface area contributed by atoms with Gasteiger partial charge in [0.1, 0.15) is 5.75 Å². The van der Waals surface area contributed by atoms with Gasteiger partial charge < -0.3 is 15.4 Å². The van der Waals surface area contributed by atoms with Crippen molar-refractivity contribution in [1.82, 2.24) is 5.32 Å². The fourth-order valence-corrected chi connectivity index (χ4v) is 2.45. The van der Waals surface area contributed by atoms with Crippen molar-refractivity contribution in [3.63, 3.8) is 0 Å². The van der Waals surface area contributed by atoms with E-state index in [1.165, 1.54) is 17.7 Å². The number of amides is 2. The Hall–Kier alpha value is -3.03. The summed E-state index contributed by atoms with van der Waals surface area (Å²) in [5, 5.41) is 4.36. The summed E-state index contributed by atoms with van der Waals surface area (Å²) in [6, 6.07) is 13.7. The van der Waals surface area contributed by atoms with E-state index in [0.29, 0.717) is 17.0 Å². The average molecular weight is 394 g/mol. The van der Waals surface area contributed by atoms with Crippen LogP contribution in [0.15, 0.2) is 48.5 Å². The molecule has 0 aromatic heterocycles. The Bertz CT molecular complexity index is 805. The third kappa shape index (κ3) is 6.61. The molecule has 2 amide bonds. The lowest BCUT2D eigenvalue weighted by Gasteiger charge is -2.13. The van der Waals surface area contributed by atoms with Crippen LogP contribution in [0.25, 0.3) is 0 Å². The second-order valence-electron chi connectivity index (χ2n) is 6.07. The quantitative estimate of drug-likeness (QED) is 0.715. The smallest absolute Gasteiger partial charge is 0.471 e. The SMILES string of the molecule is CCCc1ccc(OCC(=O)Nc2ccccc2CNC(=O)C(F)(F)F)cc1. The first-order valence-corrected chi connectivity index (χ1v) is 8.74. The average Bonchev–Trinajstić information content (AvgIpc) is 2.66. The number of hydrogen-bond acceptors (Lipinski definition) is 3. The van der Waals surface area contributed by atoms with Crippen molar-refractivity contribution in [3.8, 4) is 5.75 Å². The van der Waals surface area contributed by atoms with Crippen molar-refractivity contribution in [2.75, 3.05) is 11.9 Å². The standard InChI is InChI=1S/C20H21F3N2O3/c1-2-5-14-8-10-16(11-9-14)28-13-18(26)25-17-7-4-3-6-15(17)12-24-19(27)20(21,22)23/h3-4,6-11H,2,5,12-13H2,1H3,(H,24,27)(H,25,26). The van der Waals surface area contributed by atoms with Crippen LogP contribution < -0.4 is 15.4 Å². The topological polar surface area (TPSA) is 67.4 Å². The van der Waals surface area contributed by atoms with Gasteiger partial charge in [0.25, 0.3) is 5.91 Å². The molecule has 0 unspecified atom stereocenters. The molecule has 2 rings (SSSR count). The Morgan fingerprint density at radius 3 is 2.36 bits per heavy atom. The molecule has 2 N–H and O–H groups in total. The second-order valence-corrected chi connectivity index (χ2v) is 6.07. The molecule has 5 nitrogen and oxygen atoms in total. The molecule has 8 heteroatoms. The molecule has 0 saturated carbocycles. The molecule has 0 spiro atoms. The normalized spacial score (nSPS) is 11.0. The maximum Gasteiger partial charge on any atom is 0.471 e. The summed E-state index contributed by atoms with van der Waals surface area (Å²) < 4.78 is 42.3. The Kier molecular flexibility index (Phi) is 7.43. The maximum absolute atomic E-state index is 12.3. The Labute approximate surface area is 160 Å². The van der Waals surface area contributed by atoms with Gasteiger partial charge in [0.05, 0.1) is 0 Å². The summed E-state index contributed by atoms with van der Waals surface area (Å²) in [5.74, 6) is -1.96. The number of carbonyl (C=O) groups excluding carboxylic acids is 2. The zero-order valence-corrected chi connectivity index (χ0v) is 15.3. The molecule has 0 aliphatic rings. The van der Waals surface area contributed by atoms with E-state index in [1.807, 2.05) is 12.1 Å². The molecule has 28 heavy (non-hydrogen) atoms. The Morgan fingerprint density at radius 2 is 1.71 bits per heavy atom. The number of alkyl halides is 3. The van der Waals surface area contributed by atoms with E-state index in [-0.39, 0.29) is 13.2 Å². The van der Waals surface area contributed by atoms with Gasteiger partial charge in [0.2, 0.25) is 0 Å². The van der Waals surface area contributed by atoms with Gasteiger partial charge >= 0.3 is 12.1 Å². The highest BCUT2D eigenvalue weighted by molar-refractivity contribution is 5.92. The lowest BCUT2D eigenvalue weighted by atomic mass is 10.1. The van der Waals surface area contributed by atoms with Gasteiger partial charge in [-0.3, -0.25) is 9.59 Å². The van der Waals surface area contributed by atoms with Gasteiger partial charge in [-0.1, -0.05) is 43.7 Å². The molecule has 0 radical (unpaired) electrons. The van der Waals surface area contributed by atoms with E-state index >= 15 is 0 Å². The third-order valence-electron chi connectivity index (χ3n) is 3.82. The number of aryl methyl sites for hydroxylation is 1. The highest BCUT2D eigenvalue weighted by atomic mass is 19.4. The van der Waals surface area contributed by atoms with E-state index < -0.39 is 18.0 Å². The third-order valence-corrected chi connectivity index (χ3v) is 3.82. The van der Waals surface area contributed by atoms with Gasteiger partial charge in [-0.05, 0) is 35.7 Å². The van der Waals surface area contributed by atoms with E-state index in [9.17, 15) is 22.8 Å². The molecule has 0 atom stereocenters. The number of hydrogen-bond donors (Lipinski definition) is 2. The van der Waals surface area contributed by atoms with E-state index in [4.69, 9.17) is 4.74 Å². The lowest BCUT2D eigenvalue weighted by molar-refractivity contribution is -0.173. The first-order chi connectivity index (χ1) is 13.3. The van der Waals surface area contributed by atoms with Crippen molar-refractivity contribution in [2.24, 2.45) is 0 Å². The highest BCUT2D eigenvalue weighted by Crippen LogP contribution is 2.18. The number of ether oxygens (including phenoxy) is 1. The van der Waals surface area contributed by atoms with E-state index in [2.05, 4.69) is 12.2 Å². The van der Waals surface area contributed by atoms with Crippen LogP contribution in [0.5, 0.6) is 5.75 Å². The number of carbonyl (C=O) groups is 2. The van der Waals surface area contributed by atoms with Crippen molar-refractivity contribution in [1.29, 1.82) is 0 Å². The molecular weight excluding hydrogens is 373 g/mol. The molecule has 0 aliphatic carbocycles. The molecule has 0 saturated heterocycles. The first kappa shape index (κ1) is 21.3. The summed E-state index contributed by atoms with van der Waals surface area (Å²) in [6.07, 6.45) is -2.97. The minimum atomic E-state index is -4.96. The van der Waals surface area contributed by atoms with E-state index in [1.54, 1.807) is 29.6 Å². The van der Waals surface area contributed by atoms with Crippen LogP contribution in [0.4, 0.5) is 18.9 Å². The summed E-state index contributed by atoms with van der Waals surface area (Å²) in [7, 11) is 0. The second kappa shape index (κ2) is 9.77. The molecule has 2 aromatic rings. The number of nitrogens with one attached hydrogen (secondary N) is 2. The molecule has 0 fully saturated rings. The number of anilines is 1. The summed E-state index contributed by atoms with van der Waals surface area (Å²) in [6.45, 7) is 1.46. The van der Waals surface area contributed by atoms with Crippen molar-refractivity contribution in [3.05, 3.63) is 59.7 Å². The molecular formula is C20H21F3N2O3. The minimum Gasteiger partial charge on any atom is -0.484 e. The molecule has 0 bridgehead atoms. The van der Waals surface area contributed by atoms with Gasteiger partial charge in [-0.25, -0.2) is 0 Å². The molecule has 0 aliphatic heterocycles. The summed E-state index contributed by atoms with van der Waals surface area (Å²) in [4.78, 5) is 23.1. The Morgan fingerprint density at radius 1 is 1.04 bits per heavy atom. The maximum atomic E-state index is 12.3. The van der Waals surface area contributed by atoms with Crippen LogP contribution in [-0.2, 0) is 22.6 Å². The number of halogens is 3. The lowest BCUT2D eigenvalue weighted by Crippen LogP contribution is -2.36. The summed E-state index contributed by atoms with van der Waals surface area (Å²) >= 11 is 0. The van der Waals surface area contributed by atoms with Crippen LogP contribution in [-0.4, -0.2) is 24.6 Å². The van der Waals surface area contributed by atoms with Crippen molar-refractivity contribution >= 4 is 17.5 Å². The zero-order chi connectivity index (χ0) is 20.6. The molecule has 150 valence electrons. The number of rotatable bonds is 8. The highest BCUT2D eigenvalue weighted by Gasteiger charge is 2.38. The monoisotopic (exact) mass is 394 g/mol. The fourth-order valence-electron chi connectivity index (χ4n) is 2.45. The number of benzene rings is 2. The molecule has 2 aromatic carbocycles. The largest absolute Gasteiger partial charge is 0.484 e. The zero-order valence-electron chi connectivity index (χ0n) is 15.3. The summed E-state index contributed by atoms with van der Waals surface area (Å²) in [5.41, 5.74) is 1.82. The van der Waals surface area contributed by atoms with Crippen molar-refractivity contribution < 1.29 is 27.5 Å².